The highest BCUT2D eigenvalue weighted by Gasteiger charge is 2.46. The molecule has 0 unspecified atom stereocenters. The van der Waals surface area contributed by atoms with Crippen LogP contribution < -0.4 is 9.64 Å². The number of aryl methyl sites for hydroxylation is 1. The summed E-state index contributed by atoms with van der Waals surface area (Å²) < 4.78 is 10.9. The maximum absolute atomic E-state index is 13.2. The van der Waals surface area contributed by atoms with Crippen LogP contribution in [-0.2, 0) is 4.79 Å². The number of hydrogen-bond acceptors (Lipinski definition) is 7. The molecule has 1 atom stereocenters. The number of benzene rings is 1. The zero-order chi connectivity index (χ0) is 21.3. The van der Waals surface area contributed by atoms with Gasteiger partial charge in [-0.3, -0.25) is 14.5 Å². The molecule has 1 aromatic carbocycles. The number of ether oxygens (including phenoxy) is 1. The standard InChI is InChI=1S/C22H20N2O5S/c1-3-9-28-15-7-4-6-14(12-15)19-18(20(25)16-8-5-10-30-16)21(26)22(27)24(19)17-11-13(2)29-23-17/h4-8,10-12,19,26H,3,9H2,1-2H3/t19-/m0/s1. The van der Waals surface area contributed by atoms with Crippen molar-refractivity contribution in [3.05, 3.63) is 75.4 Å². The zero-order valence-electron chi connectivity index (χ0n) is 16.5. The van der Waals surface area contributed by atoms with Gasteiger partial charge in [-0.15, -0.1) is 11.3 Å². The van der Waals surface area contributed by atoms with Gasteiger partial charge < -0.3 is 14.4 Å². The minimum atomic E-state index is -0.859. The lowest BCUT2D eigenvalue weighted by molar-refractivity contribution is -0.117. The maximum atomic E-state index is 13.2. The van der Waals surface area contributed by atoms with E-state index in [1.807, 2.05) is 13.0 Å². The van der Waals surface area contributed by atoms with Gasteiger partial charge in [-0.05, 0) is 42.5 Å². The summed E-state index contributed by atoms with van der Waals surface area (Å²) in [6, 6.07) is 11.3. The maximum Gasteiger partial charge on any atom is 0.295 e. The SMILES string of the molecule is CCCOc1cccc([C@H]2C(C(=O)c3cccs3)=C(O)C(=O)N2c2cc(C)on2)c1. The summed E-state index contributed by atoms with van der Waals surface area (Å²) in [5, 5.41) is 16.4. The highest BCUT2D eigenvalue weighted by Crippen LogP contribution is 2.42. The minimum absolute atomic E-state index is 0.00995. The van der Waals surface area contributed by atoms with Gasteiger partial charge in [0, 0.05) is 6.07 Å². The van der Waals surface area contributed by atoms with Crippen LogP contribution in [0, 0.1) is 6.92 Å². The van der Waals surface area contributed by atoms with Crippen molar-refractivity contribution in [2.75, 3.05) is 11.5 Å². The van der Waals surface area contributed by atoms with Gasteiger partial charge in [0.1, 0.15) is 11.5 Å². The first-order valence-electron chi connectivity index (χ1n) is 9.52. The Labute approximate surface area is 177 Å². The third-order valence-electron chi connectivity index (χ3n) is 4.71. The highest BCUT2D eigenvalue weighted by atomic mass is 32.1. The van der Waals surface area contributed by atoms with Gasteiger partial charge in [-0.25, -0.2) is 0 Å². The van der Waals surface area contributed by atoms with Crippen molar-refractivity contribution >= 4 is 28.8 Å². The Morgan fingerprint density at radius 1 is 1.30 bits per heavy atom. The number of rotatable bonds is 7. The molecule has 0 saturated carbocycles. The van der Waals surface area contributed by atoms with E-state index in [1.165, 1.54) is 16.2 Å². The summed E-state index contributed by atoms with van der Waals surface area (Å²) in [5.41, 5.74) is 0.636. The molecule has 1 aliphatic rings. The van der Waals surface area contributed by atoms with Crippen molar-refractivity contribution in [3.8, 4) is 5.75 Å². The first-order chi connectivity index (χ1) is 14.5. The van der Waals surface area contributed by atoms with E-state index in [2.05, 4.69) is 5.16 Å². The molecular weight excluding hydrogens is 404 g/mol. The van der Waals surface area contributed by atoms with E-state index in [9.17, 15) is 14.7 Å². The number of ketones is 1. The van der Waals surface area contributed by atoms with Crippen molar-refractivity contribution in [2.45, 2.75) is 26.3 Å². The molecule has 8 heteroatoms. The molecule has 0 aliphatic carbocycles. The summed E-state index contributed by atoms with van der Waals surface area (Å²) >= 11 is 1.25. The summed E-state index contributed by atoms with van der Waals surface area (Å²) in [6.07, 6.45) is 0.847. The van der Waals surface area contributed by atoms with Gasteiger partial charge in [-0.2, -0.15) is 0 Å². The second-order valence-corrected chi connectivity index (χ2v) is 7.81. The molecule has 30 heavy (non-hydrogen) atoms. The predicted octanol–water partition coefficient (Wildman–Crippen LogP) is 4.62. The molecule has 3 heterocycles. The third kappa shape index (κ3) is 3.50. The normalized spacial score (nSPS) is 16.4. The Bertz CT molecular complexity index is 1120. The first kappa shape index (κ1) is 19.9. The quantitative estimate of drug-likeness (QED) is 0.557. The molecule has 1 N–H and O–H groups in total. The number of Topliss-reactive ketones (excluding diaryl/α,β-unsaturated/α-hetero) is 1. The van der Waals surface area contributed by atoms with Crippen molar-refractivity contribution in [1.82, 2.24) is 5.16 Å². The Balaban J connectivity index is 1.84. The molecule has 2 aromatic heterocycles. The van der Waals surface area contributed by atoms with Crippen LogP contribution in [0.15, 0.2) is 63.7 Å². The van der Waals surface area contributed by atoms with Gasteiger partial charge in [0.15, 0.2) is 11.6 Å². The fraction of sp³-hybridized carbons (Fsp3) is 0.227. The second kappa shape index (κ2) is 8.16. The lowest BCUT2D eigenvalue weighted by Crippen LogP contribution is -2.31. The number of nitrogens with zero attached hydrogens (tertiary/aromatic N) is 2. The fourth-order valence-electron chi connectivity index (χ4n) is 3.39. The summed E-state index contributed by atoms with van der Waals surface area (Å²) in [5.74, 6) is -0.333. The number of carbonyl (C=O) groups excluding carboxylic acids is 2. The number of aliphatic hydroxyl groups is 1. The largest absolute Gasteiger partial charge is 0.503 e. The predicted molar refractivity (Wildman–Crippen MR) is 112 cm³/mol. The second-order valence-electron chi connectivity index (χ2n) is 6.86. The van der Waals surface area contributed by atoms with E-state index in [0.29, 0.717) is 28.6 Å². The van der Waals surface area contributed by atoms with Crippen LogP contribution in [0.5, 0.6) is 5.75 Å². The van der Waals surface area contributed by atoms with E-state index in [-0.39, 0.29) is 11.4 Å². The molecule has 0 spiro atoms. The number of aliphatic hydroxyl groups excluding tert-OH is 1. The van der Waals surface area contributed by atoms with Crippen molar-refractivity contribution in [2.24, 2.45) is 0 Å². The van der Waals surface area contributed by atoms with Crippen LogP contribution in [0.2, 0.25) is 0 Å². The number of amides is 1. The molecule has 0 bridgehead atoms. The lowest BCUT2D eigenvalue weighted by atomic mass is 9.95. The van der Waals surface area contributed by atoms with Gasteiger partial charge >= 0.3 is 0 Å². The number of anilines is 1. The van der Waals surface area contributed by atoms with Crippen molar-refractivity contribution in [1.29, 1.82) is 0 Å². The smallest absolute Gasteiger partial charge is 0.295 e. The molecule has 3 aromatic rings. The molecule has 0 saturated heterocycles. The van der Waals surface area contributed by atoms with Crippen LogP contribution in [0.1, 0.15) is 40.4 Å². The number of aromatic nitrogens is 1. The van der Waals surface area contributed by atoms with Crippen molar-refractivity contribution in [3.63, 3.8) is 0 Å². The summed E-state index contributed by atoms with van der Waals surface area (Å²) in [4.78, 5) is 27.9. The number of thiophene rings is 1. The summed E-state index contributed by atoms with van der Waals surface area (Å²) in [6.45, 7) is 4.25. The Hall–Kier alpha value is -3.39. The molecule has 0 fully saturated rings. The fourth-order valence-corrected chi connectivity index (χ4v) is 4.07. The lowest BCUT2D eigenvalue weighted by Gasteiger charge is -2.24. The van der Waals surface area contributed by atoms with Gasteiger partial charge in [0.25, 0.3) is 5.91 Å². The van der Waals surface area contributed by atoms with Gasteiger partial charge in [-0.1, -0.05) is 30.3 Å². The van der Waals surface area contributed by atoms with Crippen LogP contribution in [0.4, 0.5) is 5.82 Å². The average Bonchev–Trinajstić information content (AvgIpc) is 3.47. The minimum Gasteiger partial charge on any atom is -0.503 e. The number of carbonyl (C=O) groups is 2. The Morgan fingerprint density at radius 3 is 2.80 bits per heavy atom. The molecular formula is C22H20N2O5S. The van der Waals surface area contributed by atoms with Gasteiger partial charge in [0.05, 0.1) is 23.1 Å². The van der Waals surface area contributed by atoms with Crippen LogP contribution in [0.25, 0.3) is 0 Å². The zero-order valence-corrected chi connectivity index (χ0v) is 17.3. The molecule has 7 nitrogen and oxygen atoms in total. The average molecular weight is 424 g/mol. The number of hydrogen-bond donors (Lipinski definition) is 1. The molecule has 1 amide bonds. The molecule has 4 rings (SSSR count). The van der Waals surface area contributed by atoms with E-state index >= 15 is 0 Å². The van der Waals surface area contributed by atoms with Crippen LogP contribution in [-0.4, -0.2) is 28.6 Å². The third-order valence-corrected chi connectivity index (χ3v) is 5.58. The summed E-state index contributed by atoms with van der Waals surface area (Å²) in [7, 11) is 0. The first-order valence-corrected chi connectivity index (χ1v) is 10.4. The van der Waals surface area contributed by atoms with Gasteiger partial charge in [0.2, 0.25) is 5.78 Å². The Morgan fingerprint density at radius 2 is 2.13 bits per heavy atom. The van der Waals surface area contributed by atoms with Crippen LogP contribution in [0.3, 0.4) is 0 Å². The van der Waals surface area contributed by atoms with E-state index in [4.69, 9.17) is 9.26 Å². The molecule has 1 aliphatic heterocycles. The highest BCUT2D eigenvalue weighted by molar-refractivity contribution is 7.12. The molecule has 0 radical (unpaired) electrons. The van der Waals surface area contributed by atoms with Crippen LogP contribution >= 0.6 is 11.3 Å². The van der Waals surface area contributed by atoms with E-state index < -0.39 is 23.5 Å². The Kier molecular flexibility index (Phi) is 5.41. The molecule has 154 valence electrons. The van der Waals surface area contributed by atoms with E-state index in [1.54, 1.807) is 48.7 Å². The monoisotopic (exact) mass is 424 g/mol. The van der Waals surface area contributed by atoms with E-state index in [0.717, 1.165) is 6.42 Å². The van der Waals surface area contributed by atoms with Crippen molar-refractivity contribution < 1.29 is 24.0 Å². The topological polar surface area (TPSA) is 92.9 Å².